The van der Waals surface area contributed by atoms with E-state index in [1.165, 1.54) is 11.1 Å². The van der Waals surface area contributed by atoms with Gasteiger partial charge in [-0.15, -0.1) is 5.54 Å². The highest BCUT2D eigenvalue weighted by molar-refractivity contribution is 6.83. The van der Waals surface area contributed by atoms with Gasteiger partial charge < -0.3 is 10.2 Å². The van der Waals surface area contributed by atoms with Crippen LogP contribution in [-0.2, 0) is 6.42 Å². The topological polar surface area (TPSA) is 40.5 Å². The predicted molar refractivity (Wildman–Crippen MR) is 118 cm³/mol. The average molecular weight is 414 g/mol. The molecule has 0 spiro atoms. The maximum Gasteiger partial charge on any atom is 0.161 e. The quantitative estimate of drug-likeness (QED) is 0.475. The van der Waals surface area contributed by atoms with Crippen molar-refractivity contribution in [3.05, 3.63) is 29.3 Å². The molecule has 0 unspecified atom stereocenters. The Bertz CT molecular complexity index is 866. The van der Waals surface area contributed by atoms with Crippen molar-refractivity contribution in [3.63, 3.8) is 0 Å². The molecule has 0 aliphatic heterocycles. The summed E-state index contributed by atoms with van der Waals surface area (Å²) in [6.45, 7) is 10.8. The fourth-order valence-corrected chi connectivity index (χ4v) is 7.31. The van der Waals surface area contributed by atoms with Crippen molar-refractivity contribution in [3.8, 4) is 17.2 Å². The van der Waals surface area contributed by atoms with Crippen LogP contribution in [0.1, 0.15) is 56.6 Å². The van der Waals surface area contributed by atoms with Gasteiger partial charge in [-0.1, -0.05) is 51.9 Å². The summed E-state index contributed by atoms with van der Waals surface area (Å²) in [5.41, 5.74) is 3.84. The molecule has 0 bridgehead atoms. The minimum atomic E-state index is -1.71. The van der Waals surface area contributed by atoms with Gasteiger partial charge in [0.1, 0.15) is 20.0 Å². The maximum absolute atomic E-state index is 15.5. The Kier molecular flexibility index (Phi) is 4.95. The number of phenols is 1. The van der Waals surface area contributed by atoms with Crippen LogP contribution in [0.3, 0.4) is 0 Å². The monoisotopic (exact) mass is 413 g/mol. The Balaban J connectivity index is 1.78. The number of phenolic OH excluding ortho intramolecular Hbond substituents is 1. The fraction of sp³-hybridized carbons (Fsp3) is 0.680. The van der Waals surface area contributed by atoms with Crippen LogP contribution in [-0.4, -0.2) is 30.1 Å². The van der Waals surface area contributed by atoms with E-state index in [1.54, 1.807) is 6.07 Å². The molecule has 0 radical (unpaired) electrons. The second-order valence-corrected chi connectivity index (χ2v) is 15.7. The van der Waals surface area contributed by atoms with Crippen LogP contribution >= 0.6 is 0 Å². The van der Waals surface area contributed by atoms with E-state index in [4.69, 9.17) is 0 Å². The summed E-state index contributed by atoms with van der Waals surface area (Å²) in [6.07, 6.45) is 2.88. The first kappa shape index (κ1) is 20.9. The summed E-state index contributed by atoms with van der Waals surface area (Å²) < 4.78 is 15.5. The molecule has 3 aliphatic rings. The highest BCUT2D eigenvalue weighted by Gasteiger charge is 2.67. The van der Waals surface area contributed by atoms with Crippen molar-refractivity contribution in [1.29, 1.82) is 0 Å². The van der Waals surface area contributed by atoms with Crippen LogP contribution in [0, 0.1) is 34.6 Å². The zero-order valence-corrected chi connectivity index (χ0v) is 19.4. The molecule has 0 saturated heterocycles. The largest absolute Gasteiger partial charge is 0.508 e. The van der Waals surface area contributed by atoms with E-state index < -0.39 is 25.3 Å². The van der Waals surface area contributed by atoms with Crippen molar-refractivity contribution in [2.45, 2.75) is 83.3 Å². The van der Waals surface area contributed by atoms with Crippen molar-refractivity contribution >= 4 is 8.07 Å². The SMILES string of the molecule is CC[C@H]1C[C@@]2(C)[C@@H](C[C@H]([18F])[C@@]2(O)C#C[Si](C)(C)C)[C@@H]2CCc3cc(O)ccc3[C@@H]12. The first-order valence-electron chi connectivity index (χ1n) is 11.2. The zero-order valence-electron chi connectivity index (χ0n) is 18.4. The third-order valence-electron chi connectivity index (χ3n) is 8.16. The van der Waals surface area contributed by atoms with Crippen molar-refractivity contribution < 1.29 is 14.6 Å². The van der Waals surface area contributed by atoms with Crippen molar-refractivity contribution in [2.24, 2.45) is 23.2 Å². The van der Waals surface area contributed by atoms with Crippen LogP contribution < -0.4 is 0 Å². The smallest absolute Gasteiger partial charge is 0.161 e. The summed E-state index contributed by atoms with van der Waals surface area (Å²) in [6, 6.07) is 5.80. The minimum absolute atomic E-state index is 0.146. The Hall–Kier alpha value is -1.31. The zero-order chi connectivity index (χ0) is 21.2. The highest BCUT2D eigenvalue weighted by atomic mass is 28.3. The number of rotatable bonds is 1. The molecule has 158 valence electrons. The molecular weight excluding hydrogens is 378 g/mol. The number of aromatic hydroxyl groups is 1. The first-order chi connectivity index (χ1) is 13.5. The van der Waals surface area contributed by atoms with Gasteiger partial charge in [0.2, 0.25) is 0 Å². The van der Waals surface area contributed by atoms with Gasteiger partial charge >= 0.3 is 0 Å². The normalized spacial score (nSPS) is 41.0. The molecule has 2 fully saturated rings. The molecule has 2 saturated carbocycles. The molecule has 2 N–H and O–H groups in total. The first-order valence-corrected chi connectivity index (χ1v) is 14.7. The molecule has 2 nitrogen and oxygen atoms in total. The van der Waals surface area contributed by atoms with E-state index in [-0.39, 0.29) is 5.92 Å². The maximum atomic E-state index is 15.5. The van der Waals surface area contributed by atoms with E-state index in [1.807, 2.05) is 6.07 Å². The third kappa shape index (κ3) is 3.16. The fourth-order valence-electron chi connectivity index (χ4n) is 6.74. The lowest BCUT2D eigenvalue weighted by molar-refractivity contribution is -0.100. The van der Waals surface area contributed by atoms with Gasteiger partial charge in [0.15, 0.2) is 5.60 Å². The summed E-state index contributed by atoms with van der Waals surface area (Å²) in [7, 11) is -1.71. The molecule has 3 aliphatic carbocycles. The van der Waals surface area contributed by atoms with E-state index in [9.17, 15) is 10.2 Å². The standard InChI is InChI=1S/C25H35FO2Si/c1-6-16-15-24(2)21(14-22(26)25(24,28)11-12-29(3,4)5)20-9-7-17-13-18(27)8-10-19(17)23(16)20/h8,10,13,16,20-23,27-28H,6-7,9,14-15H2,1-5H3/t16-,20-,21-,22-,23+,24-,25-/m0/s1/i26-1. The van der Waals surface area contributed by atoms with E-state index in [0.717, 1.165) is 25.7 Å². The highest BCUT2D eigenvalue weighted by Crippen LogP contribution is 2.66. The van der Waals surface area contributed by atoms with Crippen LogP contribution in [0.25, 0.3) is 0 Å². The third-order valence-corrected chi connectivity index (χ3v) is 9.04. The lowest BCUT2D eigenvalue weighted by Gasteiger charge is -2.55. The van der Waals surface area contributed by atoms with E-state index in [0.29, 0.717) is 29.9 Å². The predicted octanol–water partition coefficient (Wildman–Crippen LogP) is 5.44. The number of halogens is 1. The molecular formula is C25H35FO2Si. The number of hydrogen-bond donors (Lipinski definition) is 2. The van der Waals surface area contributed by atoms with Gasteiger partial charge in [0.05, 0.1) is 0 Å². The Labute approximate surface area is 175 Å². The summed E-state index contributed by atoms with van der Waals surface area (Å²) in [4.78, 5) is 0. The summed E-state index contributed by atoms with van der Waals surface area (Å²) in [5.74, 6) is 4.75. The van der Waals surface area contributed by atoms with E-state index in [2.05, 4.69) is 51.0 Å². The Morgan fingerprint density at radius 3 is 2.66 bits per heavy atom. The number of aliphatic hydroxyl groups is 1. The van der Waals surface area contributed by atoms with Crippen LogP contribution in [0.4, 0.5) is 4.39 Å². The lowest BCUT2D eigenvalue weighted by atomic mass is 9.49. The number of alkyl halides is 1. The van der Waals surface area contributed by atoms with Gasteiger partial charge in [-0.05, 0) is 72.6 Å². The molecule has 0 aromatic heterocycles. The van der Waals surface area contributed by atoms with Crippen molar-refractivity contribution in [1.82, 2.24) is 0 Å². The van der Waals surface area contributed by atoms with Gasteiger partial charge in [0, 0.05) is 5.41 Å². The number of aryl methyl sites for hydroxylation is 1. The second-order valence-electron chi connectivity index (χ2n) is 11.0. The van der Waals surface area contributed by atoms with Crippen LogP contribution in [0.2, 0.25) is 19.6 Å². The Morgan fingerprint density at radius 2 is 2.00 bits per heavy atom. The molecule has 29 heavy (non-hydrogen) atoms. The summed E-state index contributed by atoms with van der Waals surface area (Å²) in [5, 5.41) is 21.6. The number of fused-ring (bicyclic) bond motifs is 5. The number of benzene rings is 1. The van der Waals surface area contributed by atoms with Crippen LogP contribution in [0.15, 0.2) is 18.2 Å². The van der Waals surface area contributed by atoms with Gasteiger partial charge in [-0.2, -0.15) is 0 Å². The van der Waals surface area contributed by atoms with Gasteiger partial charge in [-0.3, -0.25) is 0 Å². The minimum Gasteiger partial charge on any atom is -0.508 e. The molecule has 1 aromatic carbocycles. The molecule has 0 amide bonds. The Morgan fingerprint density at radius 1 is 1.28 bits per heavy atom. The summed E-state index contributed by atoms with van der Waals surface area (Å²) >= 11 is 0. The lowest BCUT2D eigenvalue weighted by Crippen LogP contribution is -2.55. The number of hydrogen-bond acceptors (Lipinski definition) is 2. The molecule has 1 aromatic rings. The molecule has 4 rings (SSSR count). The molecule has 4 heteroatoms. The molecule has 7 atom stereocenters. The van der Waals surface area contributed by atoms with Crippen LogP contribution in [0.5, 0.6) is 5.75 Å². The van der Waals surface area contributed by atoms with Crippen molar-refractivity contribution in [2.75, 3.05) is 0 Å². The van der Waals surface area contributed by atoms with Gasteiger partial charge in [0.25, 0.3) is 0 Å². The van der Waals surface area contributed by atoms with E-state index >= 15 is 4.39 Å². The average Bonchev–Trinajstić information content (AvgIpc) is 2.85. The van der Waals surface area contributed by atoms with Gasteiger partial charge in [-0.25, -0.2) is 4.39 Å². The molecule has 0 heterocycles. The second kappa shape index (κ2) is 6.85.